The number of imidazole rings is 1. The minimum absolute atomic E-state index is 0.00167. The van der Waals surface area contributed by atoms with Crippen LogP contribution in [0.15, 0.2) is 79.1 Å². The molecule has 0 unspecified atom stereocenters. The number of aliphatic hydroxyl groups is 1. The van der Waals surface area contributed by atoms with E-state index in [2.05, 4.69) is 23.3 Å². The van der Waals surface area contributed by atoms with Crippen molar-refractivity contribution in [2.75, 3.05) is 24.6 Å². The van der Waals surface area contributed by atoms with E-state index in [4.69, 9.17) is 0 Å². The lowest BCUT2D eigenvalue weighted by atomic mass is 9.96. The van der Waals surface area contributed by atoms with E-state index in [9.17, 15) is 29.9 Å². The van der Waals surface area contributed by atoms with Crippen LogP contribution in [-0.4, -0.2) is 74.2 Å². The third kappa shape index (κ3) is 9.03. The minimum Gasteiger partial charge on any atom is -0.480 e. The lowest BCUT2D eigenvalue weighted by Crippen LogP contribution is -2.53. The standard InChI is InChI=1S/C36H42N6O5/c1-4-25(2)33(42(26(3)44)36-38-17-18-41(36)21-28-14-12-27(20-37)13-15-28)23-40(24-34(45)39-32(16-19-43)35(46)47)22-30-10-7-9-29-8-5-6-11-31(29)30/h5-15,17-18,25,32-33,43H,4,16,19,21-24H2,1-3H3,(H,39,45)(H,46,47)/t25-,32-,33+/m0/s1. The zero-order chi connectivity index (χ0) is 33.9. The van der Waals surface area contributed by atoms with E-state index < -0.39 is 24.0 Å². The number of hydrogen-bond donors (Lipinski definition) is 3. The number of amides is 2. The summed E-state index contributed by atoms with van der Waals surface area (Å²) in [6, 6.07) is 21.7. The SMILES string of the molecule is CC[C@H](C)[C@@H](CN(CC(=O)N[C@@H](CCO)C(=O)O)Cc1cccc2ccccc12)N(C(C)=O)c1nccn1Cc1ccc(C#N)cc1. The number of aromatic nitrogens is 2. The van der Waals surface area contributed by atoms with E-state index in [1.165, 1.54) is 6.92 Å². The zero-order valence-corrected chi connectivity index (χ0v) is 27.0. The molecule has 0 bridgehead atoms. The van der Waals surface area contributed by atoms with Crippen LogP contribution in [0.1, 0.15) is 50.3 Å². The van der Waals surface area contributed by atoms with Gasteiger partial charge in [-0.3, -0.25) is 19.4 Å². The summed E-state index contributed by atoms with van der Waals surface area (Å²) < 4.78 is 1.90. The first-order valence-electron chi connectivity index (χ1n) is 15.8. The van der Waals surface area contributed by atoms with Crippen LogP contribution < -0.4 is 10.2 Å². The Morgan fingerprint density at radius 2 is 1.79 bits per heavy atom. The highest BCUT2D eigenvalue weighted by Gasteiger charge is 2.33. The number of fused-ring (bicyclic) bond motifs is 1. The minimum atomic E-state index is -1.22. The van der Waals surface area contributed by atoms with Gasteiger partial charge >= 0.3 is 5.97 Å². The topological polar surface area (TPSA) is 152 Å². The first-order valence-corrected chi connectivity index (χ1v) is 15.8. The quantitative estimate of drug-likeness (QED) is 0.165. The van der Waals surface area contributed by atoms with Gasteiger partial charge in [0.2, 0.25) is 17.8 Å². The number of rotatable bonds is 16. The number of hydrogen-bond acceptors (Lipinski definition) is 7. The van der Waals surface area contributed by atoms with Gasteiger partial charge in [-0.2, -0.15) is 5.26 Å². The number of carbonyl (C=O) groups is 3. The summed E-state index contributed by atoms with van der Waals surface area (Å²) in [5.74, 6) is -1.45. The third-order valence-corrected chi connectivity index (χ3v) is 8.45. The molecular formula is C36H42N6O5. The Morgan fingerprint density at radius 3 is 2.45 bits per heavy atom. The van der Waals surface area contributed by atoms with Crippen molar-refractivity contribution in [3.05, 3.63) is 95.8 Å². The Labute approximate surface area is 275 Å². The lowest BCUT2D eigenvalue weighted by molar-refractivity contribution is -0.142. The van der Waals surface area contributed by atoms with E-state index >= 15 is 0 Å². The molecule has 3 atom stereocenters. The van der Waals surface area contributed by atoms with Gasteiger partial charge in [-0.15, -0.1) is 0 Å². The monoisotopic (exact) mass is 638 g/mol. The number of nitriles is 1. The lowest BCUT2D eigenvalue weighted by Gasteiger charge is -2.38. The maximum absolute atomic E-state index is 13.5. The molecule has 0 saturated carbocycles. The van der Waals surface area contributed by atoms with Crippen molar-refractivity contribution in [2.45, 2.75) is 58.8 Å². The van der Waals surface area contributed by atoms with Crippen LogP contribution in [0, 0.1) is 17.2 Å². The van der Waals surface area contributed by atoms with Gasteiger partial charge in [0.05, 0.1) is 30.8 Å². The molecule has 3 aromatic carbocycles. The van der Waals surface area contributed by atoms with Crippen molar-refractivity contribution in [1.29, 1.82) is 5.26 Å². The maximum atomic E-state index is 13.5. The molecule has 0 fully saturated rings. The fraction of sp³-hybridized carbons (Fsp3) is 0.361. The Kier molecular flexibility index (Phi) is 12.2. The molecule has 0 radical (unpaired) electrons. The van der Waals surface area contributed by atoms with Crippen molar-refractivity contribution in [1.82, 2.24) is 19.8 Å². The summed E-state index contributed by atoms with van der Waals surface area (Å²) >= 11 is 0. The summed E-state index contributed by atoms with van der Waals surface area (Å²) in [6.45, 7) is 6.20. The molecule has 11 nitrogen and oxygen atoms in total. The van der Waals surface area contributed by atoms with Crippen LogP contribution >= 0.6 is 0 Å². The van der Waals surface area contributed by atoms with Gasteiger partial charge in [0.15, 0.2) is 0 Å². The molecule has 4 rings (SSSR count). The maximum Gasteiger partial charge on any atom is 0.326 e. The Balaban J connectivity index is 1.70. The smallest absolute Gasteiger partial charge is 0.326 e. The van der Waals surface area contributed by atoms with E-state index in [1.54, 1.807) is 23.2 Å². The highest BCUT2D eigenvalue weighted by atomic mass is 16.4. The Morgan fingerprint density at radius 1 is 1.06 bits per heavy atom. The first kappa shape index (κ1) is 34.8. The molecule has 0 saturated heterocycles. The second-order valence-corrected chi connectivity index (χ2v) is 11.8. The molecular weight excluding hydrogens is 596 g/mol. The number of carboxylic acid groups (broad SMARTS) is 1. The van der Waals surface area contributed by atoms with Gasteiger partial charge in [-0.1, -0.05) is 74.9 Å². The highest BCUT2D eigenvalue weighted by Crippen LogP contribution is 2.26. The summed E-state index contributed by atoms with van der Waals surface area (Å²) in [7, 11) is 0. The number of aliphatic carboxylic acids is 1. The van der Waals surface area contributed by atoms with Gasteiger partial charge in [0.25, 0.3) is 0 Å². The number of nitrogens with one attached hydrogen (secondary N) is 1. The number of carbonyl (C=O) groups excluding carboxylic acids is 2. The Hall–Kier alpha value is -5.05. The van der Waals surface area contributed by atoms with Crippen molar-refractivity contribution < 1.29 is 24.6 Å². The number of benzene rings is 3. The van der Waals surface area contributed by atoms with Crippen LogP contribution in [0.2, 0.25) is 0 Å². The van der Waals surface area contributed by atoms with Gasteiger partial charge in [-0.25, -0.2) is 9.78 Å². The van der Waals surface area contributed by atoms with Crippen LogP contribution in [0.25, 0.3) is 10.8 Å². The number of anilines is 1. The molecule has 4 aromatic rings. The molecule has 47 heavy (non-hydrogen) atoms. The van der Waals surface area contributed by atoms with E-state index in [1.807, 2.05) is 77.2 Å². The molecule has 1 aromatic heterocycles. The van der Waals surface area contributed by atoms with Gasteiger partial charge < -0.3 is 20.1 Å². The molecule has 1 heterocycles. The summed E-state index contributed by atoms with van der Waals surface area (Å²) in [5.41, 5.74) is 2.49. The van der Waals surface area contributed by atoms with Crippen LogP contribution in [0.3, 0.4) is 0 Å². The molecule has 3 N–H and O–H groups in total. The van der Waals surface area contributed by atoms with Crippen molar-refractivity contribution >= 4 is 34.5 Å². The zero-order valence-electron chi connectivity index (χ0n) is 27.0. The van der Waals surface area contributed by atoms with Gasteiger partial charge in [0.1, 0.15) is 6.04 Å². The average Bonchev–Trinajstić information content (AvgIpc) is 3.51. The molecule has 11 heteroatoms. The second kappa shape index (κ2) is 16.5. The van der Waals surface area contributed by atoms with Crippen LogP contribution in [0.5, 0.6) is 0 Å². The predicted molar refractivity (Wildman–Crippen MR) is 179 cm³/mol. The fourth-order valence-corrected chi connectivity index (χ4v) is 5.79. The van der Waals surface area contributed by atoms with E-state index in [0.29, 0.717) is 31.1 Å². The van der Waals surface area contributed by atoms with Gasteiger partial charge in [-0.05, 0) is 39.9 Å². The van der Waals surface area contributed by atoms with Crippen molar-refractivity contribution in [3.8, 4) is 6.07 Å². The number of aliphatic hydroxyl groups excluding tert-OH is 1. The normalized spacial score (nSPS) is 13.1. The van der Waals surface area contributed by atoms with Crippen LogP contribution in [-0.2, 0) is 27.5 Å². The highest BCUT2D eigenvalue weighted by molar-refractivity contribution is 5.90. The summed E-state index contributed by atoms with van der Waals surface area (Å²) in [5, 5.41) is 32.8. The molecule has 0 aliphatic heterocycles. The first-order chi connectivity index (χ1) is 22.6. The third-order valence-electron chi connectivity index (χ3n) is 8.45. The predicted octanol–water partition coefficient (Wildman–Crippen LogP) is 4.18. The molecule has 0 spiro atoms. The number of carboxylic acids is 1. The van der Waals surface area contributed by atoms with Crippen molar-refractivity contribution in [3.63, 3.8) is 0 Å². The molecule has 246 valence electrons. The second-order valence-electron chi connectivity index (χ2n) is 11.8. The molecule has 0 aliphatic rings. The van der Waals surface area contributed by atoms with Gasteiger partial charge in [0, 0.05) is 45.4 Å². The van der Waals surface area contributed by atoms with E-state index in [0.717, 1.165) is 28.3 Å². The van der Waals surface area contributed by atoms with E-state index in [-0.39, 0.29) is 31.4 Å². The molecule has 0 aliphatic carbocycles. The largest absolute Gasteiger partial charge is 0.480 e. The summed E-state index contributed by atoms with van der Waals surface area (Å²) in [4.78, 5) is 46.8. The molecule has 2 amide bonds. The van der Waals surface area contributed by atoms with Crippen molar-refractivity contribution in [2.24, 2.45) is 5.92 Å². The number of nitrogens with zero attached hydrogens (tertiary/aromatic N) is 5. The van der Waals surface area contributed by atoms with Crippen LogP contribution in [0.4, 0.5) is 5.95 Å². The summed E-state index contributed by atoms with van der Waals surface area (Å²) in [6.07, 6.45) is 4.10. The Bertz CT molecular complexity index is 1710. The average molecular weight is 639 g/mol. The fourth-order valence-electron chi connectivity index (χ4n) is 5.79.